The van der Waals surface area contributed by atoms with Crippen molar-refractivity contribution in [2.75, 3.05) is 24.6 Å². The number of hydrogen-bond donors (Lipinski definition) is 2. The number of hydrogen-bond acceptors (Lipinski definition) is 6. The summed E-state index contributed by atoms with van der Waals surface area (Å²) in [6.45, 7) is 4.32. The number of benzene rings is 1. The molecule has 10 heteroatoms. The Morgan fingerprint density at radius 1 is 1.27 bits per heavy atom. The number of piperidine rings is 1. The number of rotatable bonds is 4. The Morgan fingerprint density at radius 3 is 2.70 bits per heavy atom. The van der Waals surface area contributed by atoms with Gasteiger partial charge in [0.05, 0.1) is 25.3 Å². The first-order chi connectivity index (χ1) is 15.9. The molecule has 2 aliphatic heterocycles. The molecule has 1 aromatic carbocycles. The Bertz CT molecular complexity index is 1230. The zero-order valence-corrected chi connectivity index (χ0v) is 18.8. The average molecular weight is 453 g/mol. The molecule has 0 saturated carbocycles. The largest absolute Gasteiger partial charge is 0.465 e. The fourth-order valence-corrected chi connectivity index (χ4v) is 5.21. The van der Waals surface area contributed by atoms with E-state index < -0.39 is 6.09 Å². The summed E-state index contributed by atoms with van der Waals surface area (Å²) >= 11 is 0. The average Bonchev–Trinajstić information content (AvgIpc) is 3.34. The van der Waals surface area contributed by atoms with Crippen molar-refractivity contribution >= 4 is 23.1 Å². The molecule has 2 N–H and O–H groups in total. The van der Waals surface area contributed by atoms with Gasteiger partial charge in [0.25, 0.3) is 5.56 Å². The summed E-state index contributed by atoms with van der Waals surface area (Å²) < 4.78 is 9.16. The van der Waals surface area contributed by atoms with Crippen LogP contribution in [0.3, 0.4) is 0 Å². The maximum absolute atomic E-state index is 13.1. The maximum atomic E-state index is 13.1. The van der Waals surface area contributed by atoms with Gasteiger partial charge in [-0.1, -0.05) is 30.3 Å². The first kappa shape index (κ1) is 21.4. The number of anilines is 1. The van der Waals surface area contributed by atoms with Gasteiger partial charge in [0.2, 0.25) is 5.95 Å². The van der Waals surface area contributed by atoms with E-state index in [-0.39, 0.29) is 23.1 Å². The fourth-order valence-electron chi connectivity index (χ4n) is 5.21. The van der Waals surface area contributed by atoms with Crippen molar-refractivity contribution in [2.24, 2.45) is 12.5 Å². The molecule has 0 unspecified atom stereocenters. The topological polar surface area (TPSA) is 115 Å². The minimum Gasteiger partial charge on any atom is -0.465 e. The van der Waals surface area contributed by atoms with Gasteiger partial charge in [-0.05, 0) is 25.3 Å². The van der Waals surface area contributed by atoms with Crippen molar-refractivity contribution in [3.8, 4) is 0 Å². The van der Waals surface area contributed by atoms with Crippen LogP contribution in [0, 0.1) is 5.41 Å². The normalized spacial score (nSPS) is 22.2. The lowest BCUT2D eigenvalue weighted by Crippen LogP contribution is -2.54. The van der Waals surface area contributed by atoms with E-state index in [9.17, 15) is 14.7 Å². The molecule has 2 saturated heterocycles. The van der Waals surface area contributed by atoms with Crippen LogP contribution in [0.15, 0.2) is 41.3 Å². The lowest BCUT2D eigenvalue weighted by molar-refractivity contribution is 0.0970. The molecular formula is C23H28N6O4. The SMILES string of the molecule is C[C@@H]1OCC2(CCN(c3nc4nn(Cc5ccccc5)cc4c(=O)n3C)CC2)[C@@H]1NC(=O)O. The summed E-state index contributed by atoms with van der Waals surface area (Å²) in [6, 6.07) is 9.71. The third-order valence-electron chi connectivity index (χ3n) is 7.05. The molecule has 2 aliphatic rings. The Labute approximate surface area is 190 Å². The second kappa shape index (κ2) is 8.18. The van der Waals surface area contributed by atoms with E-state index in [1.54, 1.807) is 22.5 Å². The van der Waals surface area contributed by atoms with Gasteiger partial charge < -0.3 is 20.1 Å². The molecular weight excluding hydrogens is 424 g/mol. The number of ether oxygens (including phenoxy) is 1. The molecule has 10 nitrogen and oxygen atoms in total. The van der Waals surface area contributed by atoms with Gasteiger partial charge in [-0.25, -0.2) is 4.79 Å². The van der Waals surface area contributed by atoms with Crippen LogP contribution in [0.5, 0.6) is 0 Å². The summed E-state index contributed by atoms with van der Waals surface area (Å²) in [5.41, 5.74) is 1.17. The van der Waals surface area contributed by atoms with E-state index in [0.717, 1.165) is 18.4 Å². The third kappa shape index (κ3) is 3.84. The van der Waals surface area contributed by atoms with Gasteiger partial charge in [0, 0.05) is 31.7 Å². The molecule has 3 aromatic rings. The van der Waals surface area contributed by atoms with E-state index in [1.165, 1.54) is 0 Å². The quantitative estimate of drug-likeness (QED) is 0.621. The molecule has 0 aliphatic carbocycles. The van der Waals surface area contributed by atoms with Gasteiger partial charge in [-0.2, -0.15) is 10.1 Å². The summed E-state index contributed by atoms with van der Waals surface area (Å²) in [7, 11) is 1.73. The fraction of sp³-hybridized carbons (Fsp3) is 0.478. The number of fused-ring (bicyclic) bond motifs is 1. The second-order valence-electron chi connectivity index (χ2n) is 9.12. The van der Waals surface area contributed by atoms with E-state index in [0.29, 0.717) is 43.2 Å². The van der Waals surface area contributed by atoms with E-state index in [4.69, 9.17) is 9.72 Å². The van der Waals surface area contributed by atoms with Crippen molar-refractivity contribution < 1.29 is 14.6 Å². The van der Waals surface area contributed by atoms with Crippen LogP contribution in [-0.4, -0.2) is 62.4 Å². The molecule has 2 atom stereocenters. The second-order valence-corrected chi connectivity index (χ2v) is 9.12. The Morgan fingerprint density at radius 2 is 2.00 bits per heavy atom. The van der Waals surface area contributed by atoms with Crippen LogP contribution in [0.25, 0.3) is 11.0 Å². The monoisotopic (exact) mass is 452 g/mol. The molecule has 4 heterocycles. The van der Waals surface area contributed by atoms with Crippen molar-refractivity contribution in [1.29, 1.82) is 0 Å². The van der Waals surface area contributed by atoms with Crippen LogP contribution >= 0.6 is 0 Å². The predicted molar refractivity (Wildman–Crippen MR) is 123 cm³/mol. The highest BCUT2D eigenvalue weighted by Gasteiger charge is 2.50. The van der Waals surface area contributed by atoms with Gasteiger partial charge in [-0.3, -0.25) is 14.0 Å². The molecule has 0 bridgehead atoms. The first-order valence-corrected chi connectivity index (χ1v) is 11.2. The Hall–Kier alpha value is -3.40. The summed E-state index contributed by atoms with van der Waals surface area (Å²) in [5, 5.41) is 17.0. The van der Waals surface area contributed by atoms with Crippen LogP contribution in [0.2, 0.25) is 0 Å². The van der Waals surface area contributed by atoms with Crippen molar-refractivity contribution in [1.82, 2.24) is 24.6 Å². The standard InChI is InChI=1S/C23H28N6O4/c1-15-18(24-22(31)32)23(14-33-15)8-10-28(11-9-23)21-25-19-17(20(30)27(21)2)13-29(26-19)12-16-6-4-3-5-7-16/h3-7,13,15,18,24H,8-12,14H2,1-2H3,(H,31,32)/t15-,18+/m0/s1. The lowest BCUT2D eigenvalue weighted by Gasteiger charge is -2.42. The molecule has 5 rings (SSSR count). The summed E-state index contributed by atoms with van der Waals surface area (Å²) in [6.07, 6.45) is 2.06. The summed E-state index contributed by atoms with van der Waals surface area (Å²) in [4.78, 5) is 31.2. The highest BCUT2D eigenvalue weighted by molar-refractivity contribution is 5.74. The first-order valence-electron chi connectivity index (χ1n) is 11.2. The number of nitrogens with one attached hydrogen (secondary N) is 1. The van der Waals surface area contributed by atoms with Crippen LogP contribution in [-0.2, 0) is 18.3 Å². The maximum Gasteiger partial charge on any atom is 0.404 e. The van der Waals surface area contributed by atoms with Crippen molar-refractivity contribution in [3.05, 3.63) is 52.4 Å². The number of aromatic nitrogens is 4. The lowest BCUT2D eigenvalue weighted by atomic mass is 9.73. The van der Waals surface area contributed by atoms with Crippen LogP contribution < -0.4 is 15.8 Å². The van der Waals surface area contributed by atoms with Gasteiger partial charge in [-0.15, -0.1) is 0 Å². The zero-order chi connectivity index (χ0) is 23.2. The van der Waals surface area contributed by atoms with E-state index in [1.807, 2.05) is 37.3 Å². The van der Waals surface area contributed by atoms with Crippen molar-refractivity contribution in [3.63, 3.8) is 0 Å². The minimum atomic E-state index is -1.03. The third-order valence-corrected chi connectivity index (χ3v) is 7.05. The molecule has 33 heavy (non-hydrogen) atoms. The Kier molecular flexibility index (Phi) is 5.32. The minimum absolute atomic E-state index is 0.127. The molecule has 174 valence electrons. The predicted octanol–water partition coefficient (Wildman–Crippen LogP) is 1.82. The number of nitrogens with zero attached hydrogens (tertiary/aromatic N) is 5. The molecule has 2 fully saturated rings. The summed E-state index contributed by atoms with van der Waals surface area (Å²) in [5.74, 6) is 0.585. The zero-order valence-electron chi connectivity index (χ0n) is 18.8. The molecule has 1 amide bonds. The number of carbonyl (C=O) groups is 1. The van der Waals surface area contributed by atoms with E-state index >= 15 is 0 Å². The van der Waals surface area contributed by atoms with Gasteiger partial charge in [0.15, 0.2) is 5.65 Å². The Balaban J connectivity index is 1.39. The van der Waals surface area contributed by atoms with Crippen LogP contribution in [0.4, 0.5) is 10.7 Å². The molecule has 2 aromatic heterocycles. The molecule has 1 spiro atoms. The van der Waals surface area contributed by atoms with Gasteiger partial charge in [0.1, 0.15) is 5.39 Å². The van der Waals surface area contributed by atoms with Crippen LogP contribution in [0.1, 0.15) is 25.3 Å². The highest BCUT2D eigenvalue weighted by atomic mass is 16.5. The molecule has 0 radical (unpaired) electrons. The number of carboxylic acid groups (broad SMARTS) is 1. The highest BCUT2D eigenvalue weighted by Crippen LogP contribution is 2.42. The number of amides is 1. The van der Waals surface area contributed by atoms with Gasteiger partial charge >= 0.3 is 6.09 Å². The smallest absolute Gasteiger partial charge is 0.404 e. The van der Waals surface area contributed by atoms with E-state index in [2.05, 4.69) is 15.3 Å². The van der Waals surface area contributed by atoms with Crippen molar-refractivity contribution in [2.45, 2.75) is 38.5 Å².